The highest BCUT2D eigenvalue weighted by atomic mass is 32.1. The topological polar surface area (TPSA) is 176 Å². The van der Waals surface area contributed by atoms with Gasteiger partial charge in [0.2, 0.25) is 5.91 Å². The van der Waals surface area contributed by atoms with E-state index in [1.807, 2.05) is 6.07 Å². The van der Waals surface area contributed by atoms with Crippen LogP contribution in [0.1, 0.15) is 81.9 Å². The van der Waals surface area contributed by atoms with Gasteiger partial charge in [-0.05, 0) is 86.7 Å². The lowest BCUT2D eigenvalue weighted by molar-refractivity contribution is -0.198. The molecule has 3 aliphatic rings. The van der Waals surface area contributed by atoms with Crippen molar-refractivity contribution >= 4 is 68.3 Å². The van der Waals surface area contributed by atoms with E-state index in [-0.39, 0.29) is 60.1 Å². The fourth-order valence-corrected chi connectivity index (χ4v) is 8.67. The van der Waals surface area contributed by atoms with Gasteiger partial charge in [-0.1, -0.05) is 12.7 Å². The number of aryl methyl sites for hydroxylation is 1. The normalized spacial score (nSPS) is 18.8. The highest BCUT2D eigenvalue weighted by Crippen LogP contribution is 2.42. The van der Waals surface area contributed by atoms with Crippen LogP contribution < -0.4 is 25.0 Å². The number of rotatable bonds is 14. The zero-order valence-electron chi connectivity index (χ0n) is 33.9. The van der Waals surface area contributed by atoms with E-state index in [9.17, 15) is 24.0 Å². The number of carbonyl (C=O) groups is 5. The lowest BCUT2D eigenvalue weighted by Crippen LogP contribution is -2.57. The molecular formula is C43H49N5O11S. The van der Waals surface area contributed by atoms with Gasteiger partial charge in [-0.2, -0.15) is 0 Å². The van der Waals surface area contributed by atoms with Crippen molar-refractivity contribution in [2.75, 3.05) is 56.1 Å². The first-order valence-corrected chi connectivity index (χ1v) is 20.8. The summed E-state index contributed by atoms with van der Waals surface area (Å²) < 4.78 is 37.3. The van der Waals surface area contributed by atoms with Crippen LogP contribution in [0.25, 0.3) is 10.1 Å². The van der Waals surface area contributed by atoms with Crippen molar-refractivity contribution < 1.29 is 52.4 Å². The zero-order valence-corrected chi connectivity index (χ0v) is 34.7. The number of anilines is 3. The number of thiophene rings is 1. The Kier molecular flexibility index (Phi) is 13.4. The first kappa shape index (κ1) is 42.2. The number of nitrogens with zero attached hydrogens (tertiary/aromatic N) is 3. The third-order valence-corrected chi connectivity index (χ3v) is 11.7. The van der Waals surface area contributed by atoms with Crippen LogP contribution in [0.2, 0.25) is 0 Å². The van der Waals surface area contributed by atoms with Crippen molar-refractivity contribution in [3.05, 3.63) is 77.5 Å². The summed E-state index contributed by atoms with van der Waals surface area (Å²) in [4.78, 5) is 70.0. The smallest absolute Gasteiger partial charge is 0.416 e. The summed E-state index contributed by atoms with van der Waals surface area (Å²) in [7, 11) is 4.50. The van der Waals surface area contributed by atoms with E-state index in [1.54, 1.807) is 59.1 Å². The van der Waals surface area contributed by atoms with Gasteiger partial charge in [0.05, 0.1) is 43.8 Å². The van der Waals surface area contributed by atoms with Crippen LogP contribution in [0.4, 0.5) is 21.9 Å². The molecule has 2 N–H and O–H groups in total. The maximum Gasteiger partial charge on any atom is 0.416 e. The quantitative estimate of drug-likeness (QED) is 0.0753. The zero-order chi connectivity index (χ0) is 42.3. The van der Waals surface area contributed by atoms with Gasteiger partial charge in [0.25, 0.3) is 11.8 Å². The van der Waals surface area contributed by atoms with E-state index >= 15 is 0 Å². The average molecular weight is 844 g/mol. The maximum absolute atomic E-state index is 14.2. The predicted octanol–water partition coefficient (Wildman–Crippen LogP) is 7.09. The number of benzene rings is 2. The largest absolute Gasteiger partial charge is 0.493 e. The Balaban J connectivity index is 1.02. The molecule has 2 saturated heterocycles. The standard InChI is InChI=1S/C43H49N5O11S/c1-5-17-58-43(53)48-31-24-34(33(54-3)23-29(31)40(51)47-16-8-6-11-30(47)41(48)59-38-13-7-9-18-57-38)56-19-10-12-37(49)44-28-22-32(46(2)25-28)39(50)45-27-14-15-35-26(20-27)21-36(60-35)42(52)55-4/h5,14-15,20-25,30,38,41H,1,6-13,16-19H2,2-4H3,(H,44,49)(H,45,50). The molecule has 0 spiro atoms. The Morgan fingerprint density at radius 3 is 2.58 bits per heavy atom. The summed E-state index contributed by atoms with van der Waals surface area (Å²) in [5.74, 6) is -0.809. The Morgan fingerprint density at radius 1 is 0.983 bits per heavy atom. The molecule has 4 aromatic rings. The van der Waals surface area contributed by atoms with Crippen LogP contribution in [-0.4, -0.2) is 98.4 Å². The van der Waals surface area contributed by atoms with Gasteiger partial charge < -0.3 is 48.5 Å². The number of carbonyl (C=O) groups excluding carboxylic acids is 5. The van der Waals surface area contributed by atoms with E-state index in [1.165, 1.54) is 36.5 Å². The third kappa shape index (κ3) is 9.27. The van der Waals surface area contributed by atoms with Gasteiger partial charge in [-0.3, -0.25) is 14.4 Å². The second kappa shape index (κ2) is 19.0. The van der Waals surface area contributed by atoms with Crippen LogP contribution >= 0.6 is 11.3 Å². The number of piperidine rings is 1. The molecule has 17 heteroatoms. The van der Waals surface area contributed by atoms with E-state index in [0.29, 0.717) is 54.4 Å². The van der Waals surface area contributed by atoms with Gasteiger partial charge in [0.15, 0.2) is 24.0 Å². The number of aromatic nitrogens is 1. The monoisotopic (exact) mass is 843 g/mol. The summed E-state index contributed by atoms with van der Waals surface area (Å²) in [5.41, 5.74) is 1.80. The Hall–Kier alpha value is -5.91. The predicted molar refractivity (Wildman–Crippen MR) is 224 cm³/mol. The second-order valence-corrected chi connectivity index (χ2v) is 15.8. The van der Waals surface area contributed by atoms with Crippen LogP contribution in [0.15, 0.2) is 61.3 Å². The minimum Gasteiger partial charge on any atom is -0.493 e. The van der Waals surface area contributed by atoms with Gasteiger partial charge in [0.1, 0.15) is 17.2 Å². The lowest BCUT2D eigenvalue weighted by atomic mass is 10.00. The highest BCUT2D eigenvalue weighted by Gasteiger charge is 2.47. The number of fused-ring (bicyclic) bond motifs is 3. The van der Waals surface area contributed by atoms with Crippen molar-refractivity contribution in [2.45, 2.75) is 69.9 Å². The van der Waals surface area contributed by atoms with Crippen LogP contribution in [0, 0.1) is 0 Å². The number of ether oxygens (including phenoxy) is 6. The van der Waals surface area contributed by atoms with Gasteiger partial charge in [0, 0.05) is 49.3 Å². The summed E-state index contributed by atoms with van der Waals surface area (Å²) >= 11 is 1.30. The van der Waals surface area contributed by atoms with E-state index in [4.69, 9.17) is 28.4 Å². The maximum atomic E-state index is 14.2. The van der Waals surface area contributed by atoms with Crippen molar-refractivity contribution in [2.24, 2.45) is 7.05 Å². The van der Waals surface area contributed by atoms with Gasteiger partial charge in [-0.25, -0.2) is 14.5 Å². The molecule has 7 rings (SSSR count). The third-order valence-electron chi connectivity index (χ3n) is 10.6. The van der Waals surface area contributed by atoms with Gasteiger partial charge in [-0.15, -0.1) is 11.3 Å². The minimum absolute atomic E-state index is 0.0489. The Morgan fingerprint density at radius 2 is 1.82 bits per heavy atom. The highest BCUT2D eigenvalue weighted by molar-refractivity contribution is 7.20. The number of amides is 4. The van der Waals surface area contributed by atoms with Crippen LogP contribution in [-0.2, 0) is 30.8 Å². The van der Waals surface area contributed by atoms with E-state index < -0.39 is 30.6 Å². The molecule has 3 atom stereocenters. The first-order valence-electron chi connectivity index (χ1n) is 20.0. The van der Waals surface area contributed by atoms with Crippen molar-refractivity contribution in [1.82, 2.24) is 9.47 Å². The molecule has 318 valence electrons. The molecule has 2 aromatic carbocycles. The number of nitrogens with one attached hydrogen (secondary N) is 2. The fourth-order valence-electron chi connectivity index (χ4n) is 7.70. The minimum atomic E-state index is -0.899. The summed E-state index contributed by atoms with van der Waals surface area (Å²) in [6, 6.07) is 11.4. The summed E-state index contributed by atoms with van der Waals surface area (Å²) in [6.45, 7) is 4.77. The van der Waals surface area contributed by atoms with Crippen molar-refractivity contribution in [3.8, 4) is 11.5 Å². The molecule has 2 aromatic heterocycles. The Bertz CT molecular complexity index is 2260. The van der Waals surface area contributed by atoms with E-state index in [2.05, 4.69) is 17.2 Å². The molecule has 16 nitrogen and oxygen atoms in total. The molecule has 4 amide bonds. The van der Waals surface area contributed by atoms with Gasteiger partial charge >= 0.3 is 12.1 Å². The molecule has 0 bridgehead atoms. The van der Waals surface area contributed by atoms with Crippen molar-refractivity contribution in [3.63, 3.8) is 0 Å². The first-order chi connectivity index (χ1) is 29.1. The Labute approximate surface area is 351 Å². The number of hydrogen-bond donors (Lipinski definition) is 2. The number of esters is 1. The molecule has 0 radical (unpaired) electrons. The SMILES string of the molecule is C=CCOC(=O)N1c2cc(OCCCC(=O)Nc3cc(C(=O)Nc4ccc5sc(C(=O)OC)cc5c4)n(C)c3)c(OC)cc2C(=O)N2CCCCC2C1OC1CCCCO1. The molecule has 2 fully saturated rings. The van der Waals surface area contributed by atoms with Crippen LogP contribution in [0.3, 0.4) is 0 Å². The molecule has 3 unspecified atom stereocenters. The van der Waals surface area contributed by atoms with E-state index in [0.717, 1.165) is 35.8 Å². The molecule has 0 saturated carbocycles. The van der Waals surface area contributed by atoms with Crippen molar-refractivity contribution in [1.29, 1.82) is 0 Å². The van der Waals surface area contributed by atoms with Crippen LogP contribution in [0.5, 0.6) is 11.5 Å². The molecule has 60 heavy (non-hydrogen) atoms. The molecule has 5 heterocycles. The summed E-state index contributed by atoms with van der Waals surface area (Å²) in [5, 5.41) is 6.51. The molecule has 0 aliphatic carbocycles. The average Bonchev–Trinajstić information content (AvgIpc) is 3.84. The number of methoxy groups -OCH3 is 2. The molecular weight excluding hydrogens is 795 g/mol. The summed E-state index contributed by atoms with van der Waals surface area (Å²) in [6.07, 6.45) is 6.12. The lowest BCUT2D eigenvalue weighted by Gasteiger charge is -2.42. The molecule has 3 aliphatic heterocycles. The fraction of sp³-hybridized carbons (Fsp3) is 0.419. The second-order valence-electron chi connectivity index (χ2n) is 14.7. The number of hydrogen-bond acceptors (Lipinski definition) is 12.